The number of amidine groups is 1. The lowest BCUT2D eigenvalue weighted by Crippen LogP contribution is -2.35. The summed E-state index contributed by atoms with van der Waals surface area (Å²) in [6.45, 7) is 1.43. The van der Waals surface area contributed by atoms with Crippen molar-refractivity contribution < 1.29 is 10.0 Å². The average Bonchev–Trinajstić information content (AvgIpc) is 2.84. The minimum atomic E-state index is 0.102. The zero-order chi connectivity index (χ0) is 13.7. The highest BCUT2D eigenvalue weighted by Crippen LogP contribution is 2.07. The average molecular weight is 262 g/mol. The number of nitrogens with two attached hydrogens (primary N) is 1. The molecule has 6 heteroatoms. The molecule has 1 heterocycles. The Bertz CT molecular complexity index is 487. The topological polar surface area (TPSA) is 99.7 Å². The third-order valence-electron chi connectivity index (χ3n) is 3.14. The zero-order valence-corrected chi connectivity index (χ0v) is 10.6. The van der Waals surface area contributed by atoms with Crippen LogP contribution in [-0.2, 0) is 11.3 Å². The van der Waals surface area contributed by atoms with E-state index in [0.29, 0.717) is 18.5 Å². The maximum Gasteiger partial charge on any atom is 0.220 e. The summed E-state index contributed by atoms with van der Waals surface area (Å²) >= 11 is 0. The number of amides is 1. The van der Waals surface area contributed by atoms with Crippen LogP contribution in [0.3, 0.4) is 0 Å². The van der Waals surface area contributed by atoms with Gasteiger partial charge in [-0.3, -0.25) is 4.79 Å². The Balaban J connectivity index is 1.84. The van der Waals surface area contributed by atoms with Crippen molar-refractivity contribution in [3.8, 4) is 0 Å². The number of carbonyl (C=O) groups excluding carboxylic acids is 1. The lowest BCUT2D eigenvalue weighted by molar-refractivity contribution is -0.119. The molecule has 2 rings (SSSR count). The van der Waals surface area contributed by atoms with Gasteiger partial charge in [-0.05, 0) is 18.1 Å². The van der Waals surface area contributed by atoms with Gasteiger partial charge in [0.15, 0.2) is 5.84 Å². The highest BCUT2D eigenvalue weighted by molar-refractivity contribution is 5.97. The van der Waals surface area contributed by atoms with Crippen molar-refractivity contribution in [2.45, 2.75) is 25.4 Å². The van der Waals surface area contributed by atoms with Crippen molar-refractivity contribution in [3.63, 3.8) is 0 Å². The van der Waals surface area contributed by atoms with Crippen LogP contribution in [0.5, 0.6) is 0 Å². The fraction of sp³-hybridized carbons (Fsp3) is 0.385. The van der Waals surface area contributed by atoms with Gasteiger partial charge in [-0.1, -0.05) is 23.4 Å². The molecule has 0 aromatic heterocycles. The summed E-state index contributed by atoms with van der Waals surface area (Å²) in [5.41, 5.74) is 7.28. The van der Waals surface area contributed by atoms with Gasteiger partial charge in [0.2, 0.25) is 5.91 Å². The molecule has 1 aliphatic heterocycles. The van der Waals surface area contributed by atoms with E-state index in [-0.39, 0.29) is 17.8 Å². The number of benzene rings is 1. The SMILES string of the molecule is NC(=NO)c1cccc(CNCC2CCC(=O)N2)c1. The first kappa shape index (κ1) is 13.4. The van der Waals surface area contributed by atoms with E-state index in [0.717, 1.165) is 18.5 Å². The minimum absolute atomic E-state index is 0.102. The predicted octanol–water partition coefficient (Wildman–Crippen LogP) is 0.149. The number of nitrogens with zero attached hydrogens (tertiary/aromatic N) is 1. The summed E-state index contributed by atoms with van der Waals surface area (Å²) in [4.78, 5) is 11.0. The molecule has 1 amide bonds. The second-order valence-electron chi connectivity index (χ2n) is 4.62. The van der Waals surface area contributed by atoms with Gasteiger partial charge in [-0.15, -0.1) is 0 Å². The Kier molecular flexibility index (Phi) is 4.35. The Morgan fingerprint density at radius 2 is 2.42 bits per heavy atom. The van der Waals surface area contributed by atoms with E-state index in [2.05, 4.69) is 15.8 Å². The maximum atomic E-state index is 11.0. The van der Waals surface area contributed by atoms with Crippen molar-refractivity contribution in [3.05, 3.63) is 35.4 Å². The third kappa shape index (κ3) is 3.69. The first-order valence-corrected chi connectivity index (χ1v) is 6.26. The summed E-state index contributed by atoms with van der Waals surface area (Å²) in [5, 5.41) is 17.8. The minimum Gasteiger partial charge on any atom is -0.409 e. The molecule has 6 nitrogen and oxygen atoms in total. The Morgan fingerprint density at radius 1 is 1.58 bits per heavy atom. The second kappa shape index (κ2) is 6.19. The fourth-order valence-corrected chi connectivity index (χ4v) is 2.12. The molecule has 1 aromatic carbocycles. The highest BCUT2D eigenvalue weighted by atomic mass is 16.4. The van der Waals surface area contributed by atoms with Crippen LogP contribution in [0.25, 0.3) is 0 Å². The van der Waals surface area contributed by atoms with Crippen molar-refractivity contribution in [2.24, 2.45) is 10.9 Å². The summed E-state index contributed by atoms with van der Waals surface area (Å²) in [5.74, 6) is 0.227. The molecule has 0 radical (unpaired) electrons. The van der Waals surface area contributed by atoms with E-state index in [9.17, 15) is 4.79 Å². The van der Waals surface area contributed by atoms with E-state index in [1.807, 2.05) is 18.2 Å². The van der Waals surface area contributed by atoms with Crippen LogP contribution >= 0.6 is 0 Å². The molecule has 1 fully saturated rings. The number of oxime groups is 1. The Labute approximate surface area is 111 Å². The molecule has 19 heavy (non-hydrogen) atoms. The molecule has 1 saturated heterocycles. The van der Waals surface area contributed by atoms with Gasteiger partial charge < -0.3 is 21.6 Å². The van der Waals surface area contributed by atoms with Crippen LogP contribution in [0.4, 0.5) is 0 Å². The number of hydrogen-bond acceptors (Lipinski definition) is 4. The summed E-state index contributed by atoms with van der Waals surface area (Å²) in [6.07, 6.45) is 1.50. The zero-order valence-electron chi connectivity index (χ0n) is 10.6. The number of carbonyl (C=O) groups is 1. The third-order valence-corrected chi connectivity index (χ3v) is 3.14. The predicted molar refractivity (Wildman–Crippen MR) is 71.8 cm³/mol. The van der Waals surface area contributed by atoms with E-state index in [1.165, 1.54) is 0 Å². The quantitative estimate of drug-likeness (QED) is 0.263. The van der Waals surface area contributed by atoms with E-state index >= 15 is 0 Å². The highest BCUT2D eigenvalue weighted by Gasteiger charge is 2.19. The van der Waals surface area contributed by atoms with Crippen LogP contribution in [0.15, 0.2) is 29.4 Å². The molecule has 5 N–H and O–H groups in total. The lowest BCUT2D eigenvalue weighted by Gasteiger charge is -2.11. The van der Waals surface area contributed by atoms with Crippen LogP contribution in [0.2, 0.25) is 0 Å². The maximum absolute atomic E-state index is 11.0. The van der Waals surface area contributed by atoms with Crippen molar-refractivity contribution in [1.29, 1.82) is 0 Å². The molecule has 0 saturated carbocycles. The normalized spacial score (nSPS) is 19.5. The molecular formula is C13H18N4O2. The molecular weight excluding hydrogens is 244 g/mol. The van der Waals surface area contributed by atoms with Crippen LogP contribution in [0.1, 0.15) is 24.0 Å². The fourth-order valence-electron chi connectivity index (χ4n) is 2.12. The van der Waals surface area contributed by atoms with E-state index in [4.69, 9.17) is 10.9 Å². The first-order valence-electron chi connectivity index (χ1n) is 6.26. The first-order chi connectivity index (χ1) is 9.19. The Morgan fingerprint density at radius 3 is 3.11 bits per heavy atom. The summed E-state index contributed by atoms with van der Waals surface area (Å²) < 4.78 is 0. The van der Waals surface area contributed by atoms with Crippen molar-refractivity contribution >= 4 is 11.7 Å². The molecule has 1 unspecified atom stereocenters. The lowest BCUT2D eigenvalue weighted by atomic mass is 10.1. The second-order valence-corrected chi connectivity index (χ2v) is 4.62. The van der Waals surface area contributed by atoms with Gasteiger partial charge in [-0.25, -0.2) is 0 Å². The van der Waals surface area contributed by atoms with Crippen LogP contribution < -0.4 is 16.4 Å². The molecule has 102 valence electrons. The molecule has 1 aliphatic rings. The molecule has 0 spiro atoms. The number of nitrogens with one attached hydrogen (secondary N) is 2. The Hall–Kier alpha value is -2.08. The van der Waals surface area contributed by atoms with Gasteiger partial charge in [0, 0.05) is 31.1 Å². The number of hydrogen-bond donors (Lipinski definition) is 4. The standard InChI is InChI=1S/C13H18N4O2/c14-13(17-19)10-3-1-2-9(6-10)7-15-8-11-4-5-12(18)16-11/h1-3,6,11,15,19H,4-5,7-8H2,(H2,14,17)(H,16,18). The van der Waals surface area contributed by atoms with Crippen LogP contribution in [-0.4, -0.2) is 29.5 Å². The van der Waals surface area contributed by atoms with Gasteiger partial charge in [0.25, 0.3) is 0 Å². The van der Waals surface area contributed by atoms with Gasteiger partial charge in [0.05, 0.1) is 0 Å². The largest absolute Gasteiger partial charge is 0.409 e. The van der Waals surface area contributed by atoms with Crippen molar-refractivity contribution in [1.82, 2.24) is 10.6 Å². The summed E-state index contributed by atoms with van der Waals surface area (Å²) in [7, 11) is 0. The smallest absolute Gasteiger partial charge is 0.220 e. The van der Waals surface area contributed by atoms with Crippen molar-refractivity contribution in [2.75, 3.05) is 6.54 Å². The van der Waals surface area contributed by atoms with E-state index in [1.54, 1.807) is 6.07 Å². The van der Waals surface area contributed by atoms with Gasteiger partial charge in [-0.2, -0.15) is 0 Å². The molecule has 1 atom stereocenters. The van der Waals surface area contributed by atoms with Gasteiger partial charge in [0.1, 0.15) is 0 Å². The van der Waals surface area contributed by atoms with E-state index < -0.39 is 0 Å². The van der Waals surface area contributed by atoms with Crippen LogP contribution in [0, 0.1) is 0 Å². The molecule has 1 aromatic rings. The number of rotatable bonds is 5. The monoisotopic (exact) mass is 262 g/mol. The molecule has 0 bridgehead atoms. The summed E-state index contributed by atoms with van der Waals surface area (Å²) in [6, 6.07) is 7.71. The molecule has 0 aliphatic carbocycles. The van der Waals surface area contributed by atoms with Gasteiger partial charge >= 0.3 is 0 Å².